The third-order valence-corrected chi connectivity index (χ3v) is 5.51. The number of hydrogen-bond acceptors (Lipinski definition) is 3. The summed E-state index contributed by atoms with van der Waals surface area (Å²) in [5, 5.41) is 8.77. The highest BCUT2D eigenvalue weighted by Gasteiger charge is 2.29. The van der Waals surface area contributed by atoms with E-state index in [0.29, 0.717) is 24.6 Å². The maximum Gasteiger partial charge on any atom is 0.244 e. The molecule has 1 aliphatic heterocycles. The van der Waals surface area contributed by atoms with Crippen LogP contribution in [0.1, 0.15) is 25.3 Å². The lowest BCUT2D eigenvalue weighted by molar-refractivity contribution is 0.288. The molecular formula is C15H19NO3S. The van der Waals surface area contributed by atoms with Crippen LogP contribution in [0.25, 0.3) is 0 Å². The summed E-state index contributed by atoms with van der Waals surface area (Å²) in [6.45, 7) is 2.98. The van der Waals surface area contributed by atoms with Crippen LogP contribution in [0, 0.1) is 17.8 Å². The van der Waals surface area contributed by atoms with Gasteiger partial charge in [-0.05, 0) is 30.9 Å². The molecule has 0 aliphatic carbocycles. The Morgan fingerprint density at radius 2 is 1.95 bits per heavy atom. The van der Waals surface area contributed by atoms with Gasteiger partial charge in [0.15, 0.2) is 0 Å². The van der Waals surface area contributed by atoms with Crippen molar-refractivity contribution in [1.29, 1.82) is 0 Å². The zero-order valence-corrected chi connectivity index (χ0v) is 12.4. The Labute approximate surface area is 120 Å². The summed E-state index contributed by atoms with van der Waals surface area (Å²) in [6.07, 6.45) is 1.79. The van der Waals surface area contributed by atoms with Crippen LogP contribution in [0.2, 0.25) is 0 Å². The van der Waals surface area contributed by atoms with Crippen LogP contribution in [0.3, 0.4) is 0 Å². The maximum atomic E-state index is 12.7. The van der Waals surface area contributed by atoms with Gasteiger partial charge in [0.2, 0.25) is 10.0 Å². The molecule has 1 aromatic carbocycles. The van der Waals surface area contributed by atoms with Crippen molar-refractivity contribution in [3.8, 4) is 11.8 Å². The van der Waals surface area contributed by atoms with E-state index in [0.717, 1.165) is 12.8 Å². The van der Waals surface area contributed by atoms with Gasteiger partial charge in [0.1, 0.15) is 6.61 Å². The number of rotatable bonds is 2. The predicted octanol–water partition coefficient (Wildman–Crippen LogP) is 1.45. The molecular weight excluding hydrogens is 274 g/mol. The van der Waals surface area contributed by atoms with Gasteiger partial charge in [0, 0.05) is 18.7 Å². The van der Waals surface area contributed by atoms with Gasteiger partial charge in [-0.2, -0.15) is 4.31 Å². The summed E-state index contributed by atoms with van der Waals surface area (Å²) in [7, 11) is -3.50. The monoisotopic (exact) mass is 293 g/mol. The van der Waals surface area contributed by atoms with E-state index in [1.54, 1.807) is 24.3 Å². The Morgan fingerprint density at radius 3 is 2.60 bits per heavy atom. The molecule has 1 N–H and O–H groups in total. The summed E-state index contributed by atoms with van der Waals surface area (Å²) in [5.41, 5.74) is 0.445. The zero-order valence-electron chi connectivity index (χ0n) is 11.5. The van der Waals surface area contributed by atoms with Crippen molar-refractivity contribution in [1.82, 2.24) is 4.31 Å². The minimum Gasteiger partial charge on any atom is -0.384 e. The molecule has 1 heterocycles. The quantitative estimate of drug-likeness (QED) is 0.840. The number of sulfonamides is 1. The molecule has 108 valence electrons. The van der Waals surface area contributed by atoms with Crippen LogP contribution in [0.5, 0.6) is 0 Å². The van der Waals surface area contributed by atoms with Gasteiger partial charge < -0.3 is 5.11 Å². The first-order chi connectivity index (χ1) is 9.55. The van der Waals surface area contributed by atoms with Crippen molar-refractivity contribution in [2.45, 2.75) is 24.7 Å². The third-order valence-electron chi connectivity index (χ3n) is 3.55. The lowest BCUT2D eigenvalue weighted by atomic mass is 10.0. The highest BCUT2D eigenvalue weighted by atomic mass is 32.2. The molecule has 1 fully saturated rings. The van der Waals surface area contributed by atoms with Crippen LogP contribution in [-0.2, 0) is 10.0 Å². The van der Waals surface area contributed by atoms with Gasteiger partial charge in [-0.15, -0.1) is 0 Å². The fourth-order valence-electron chi connectivity index (χ4n) is 2.29. The SMILES string of the molecule is CC1CCN(S(=O)(=O)c2ccccc2C#CCO)CC1. The maximum absolute atomic E-state index is 12.7. The first-order valence-corrected chi connectivity index (χ1v) is 8.18. The summed E-state index contributed by atoms with van der Waals surface area (Å²) >= 11 is 0. The molecule has 2 rings (SSSR count). The molecule has 0 unspecified atom stereocenters. The molecule has 0 radical (unpaired) electrons. The number of aliphatic hydroxyl groups excluding tert-OH is 1. The largest absolute Gasteiger partial charge is 0.384 e. The Bertz CT molecular complexity index is 620. The molecule has 1 aromatic rings. The van der Waals surface area contributed by atoms with Crippen molar-refractivity contribution < 1.29 is 13.5 Å². The van der Waals surface area contributed by atoms with Crippen LogP contribution < -0.4 is 0 Å². The smallest absolute Gasteiger partial charge is 0.244 e. The van der Waals surface area contributed by atoms with Gasteiger partial charge in [0.05, 0.1) is 4.90 Å². The van der Waals surface area contributed by atoms with Crippen LogP contribution in [0.15, 0.2) is 29.2 Å². The molecule has 0 spiro atoms. The second-order valence-corrected chi connectivity index (χ2v) is 6.95. The molecule has 5 heteroatoms. The van der Waals surface area contributed by atoms with E-state index in [-0.39, 0.29) is 11.5 Å². The normalized spacial score (nSPS) is 17.5. The van der Waals surface area contributed by atoms with Crippen LogP contribution in [-0.4, -0.2) is 37.5 Å². The first kappa shape index (κ1) is 15.0. The van der Waals surface area contributed by atoms with E-state index < -0.39 is 10.0 Å². The van der Waals surface area contributed by atoms with Gasteiger partial charge >= 0.3 is 0 Å². The molecule has 0 aromatic heterocycles. The Balaban J connectivity index is 2.34. The summed E-state index contributed by atoms with van der Waals surface area (Å²) in [6, 6.07) is 6.69. The number of nitrogens with zero attached hydrogens (tertiary/aromatic N) is 1. The Hall–Kier alpha value is -1.35. The molecule has 20 heavy (non-hydrogen) atoms. The van der Waals surface area contributed by atoms with Gasteiger partial charge in [-0.25, -0.2) is 8.42 Å². The van der Waals surface area contributed by atoms with Crippen molar-refractivity contribution in [2.24, 2.45) is 5.92 Å². The van der Waals surface area contributed by atoms with Crippen LogP contribution in [0.4, 0.5) is 0 Å². The van der Waals surface area contributed by atoms with E-state index in [2.05, 4.69) is 18.8 Å². The average molecular weight is 293 g/mol. The van der Waals surface area contributed by atoms with Gasteiger partial charge in [0.25, 0.3) is 0 Å². The fraction of sp³-hybridized carbons (Fsp3) is 0.467. The lowest BCUT2D eigenvalue weighted by Crippen LogP contribution is -2.38. The molecule has 1 saturated heterocycles. The topological polar surface area (TPSA) is 57.6 Å². The zero-order chi connectivity index (χ0) is 14.6. The number of hydrogen-bond donors (Lipinski definition) is 1. The summed E-state index contributed by atoms with van der Waals surface area (Å²) < 4.78 is 26.9. The fourth-order valence-corrected chi connectivity index (χ4v) is 3.91. The number of aliphatic hydroxyl groups is 1. The van der Waals surface area contributed by atoms with E-state index in [1.807, 2.05) is 0 Å². The summed E-state index contributed by atoms with van der Waals surface area (Å²) in [4.78, 5) is 0.232. The van der Waals surface area contributed by atoms with Crippen molar-refractivity contribution in [3.05, 3.63) is 29.8 Å². The second-order valence-electron chi connectivity index (χ2n) is 5.04. The first-order valence-electron chi connectivity index (χ1n) is 6.74. The highest BCUT2D eigenvalue weighted by Crippen LogP contribution is 2.25. The summed E-state index contributed by atoms with van der Waals surface area (Å²) in [5.74, 6) is 5.80. The molecule has 0 bridgehead atoms. The van der Waals surface area contributed by atoms with Gasteiger partial charge in [-0.1, -0.05) is 30.9 Å². The van der Waals surface area contributed by atoms with Crippen molar-refractivity contribution in [3.63, 3.8) is 0 Å². The number of benzene rings is 1. The molecule has 0 saturated carbocycles. The number of piperidine rings is 1. The Kier molecular flexibility index (Phi) is 4.81. The highest BCUT2D eigenvalue weighted by molar-refractivity contribution is 7.89. The Morgan fingerprint density at radius 1 is 1.30 bits per heavy atom. The van der Waals surface area contributed by atoms with E-state index in [9.17, 15) is 8.42 Å². The van der Waals surface area contributed by atoms with Gasteiger partial charge in [-0.3, -0.25) is 0 Å². The molecule has 0 atom stereocenters. The lowest BCUT2D eigenvalue weighted by Gasteiger charge is -2.29. The van der Waals surface area contributed by atoms with E-state index in [1.165, 1.54) is 4.31 Å². The third kappa shape index (κ3) is 3.21. The van der Waals surface area contributed by atoms with Crippen molar-refractivity contribution >= 4 is 10.0 Å². The van der Waals surface area contributed by atoms with Crippen molar-refractivity contribution in [2.75, 3.05) is 19.7 Å². The molecule has 1 aliphatic rings. The predicted molar refractivity (Wildman–Crippen MR) is 77.6 cm³/mol. The standard InChI is InChI=1S/C15H19NO3S/c1-13-8-10-16(11-9-13)20(18,19)15-7-3-2-5-14(15)6-4-12-17/h2-3,5,7,13,17H,8-12H2,1H3. The molecule has 0 amide bonds. The van der Waals surface area contributed by atoms with Crippen LogP contribution >= 0.6 is 0 Å². The molecule has 4 nitrogen and oxygen atoms in total. The minimum absolute atomic E-state index is 0.232. The van der Waals surface area contributed by atoms with E-state index >= 15 is 0 Å². The second kappa shape index (κ2) is 6.40. The van der Waals surface area contributed by atoms with E-state index in [4.69, 9.17) is 5.11 Å². The average Bonchev–Trinajstić information content (AvgIpc) is 2.46. The minimum atomic E-state index is -3.50.